The summed E-state index contributed by atoms with van der Waals surface area (Å²) in [7, 11) is 0. The second-order valence-corrected chi connectivity index (χ2v) is 7.53. The topological polar surface area (TPSA) is 62.3 Å². The van der Waals surface area contributed by atoms with Crippen molar-refractivity contribution in [2.45, 2.75) is 37.5 Å². The molecule has 2 saturated heterocycles. The lowest BCUT2D eigenvalue weighted by Gasteiger charge is -2.19. The summed E-state index contributed by atoms with van der Waals surface area (Å²) in [6, 6.07) is 7.40. The number of benzene rings is 1. The third-order valence-corrected chi connectivity index (χ3v) is 5.54. The molecule has 2 N–H and O–H groups in total. The zero-order valence-electron chi connectivity index (χ0n) is 15.9. The molecule has 3 atom stereocenters. The molecule has 0 radical (unpaired) electrons. The van der Waals surface area contributed by atoms with Crippen LogP contribution in [0.1, 0.15) is 24.8 Å². The Kier molecular flexibility index (Phi) is 5.86. The summed E-state index contributed by atoms with van der Waals surface area (Å²) in [5.41, 5.74) is 5.99. The van der Waals surface area contributed by atoms with E-state index in [1.54, 1.807) is 18.5 Å². The first-order valence-electron chi connectivity index (χ1n) is 9.82. The van der Waals surface area contributed by atoms with Gasteiger partial charge in [0.2, 0.25) is 5.95 Å². The minimum atomic E-state index is -4.36. The van der Waals surface area contributed by atoms with Crippen molar-refractivity contribution in [3.63, 3.8) is 0 Å². The van der Waals surface area contributed by atoms with Crippen molar-refractivity contribution in [2.75, 3.05) is 24.6 Å². The highest BCUT2D eigenvalue weighted by Gasteiger charge is 2.35. The van der Waals surface area contributed by atoms with Gasteiger partial charge in [0.25, 0.3) is 0 Å². The Balaban J connectivity index is 1.22. The number of hydrogen-bond donors (Lipinski definition) is 2. The van der Waals surface area contributed by atoms with E-state index in [0.717, 1.165) is 50.4 Å². The summed E-state index contributed by atoms with van der Waals surface area (Å²) in [6.07, 6.45) is 1.91. The van der Waals surface area contributed by atoms with Crippen molar-refractivity contribution < 1.29 is 17.9 Å². The number of halogens is 3. The fourth-order valence-corrected chi connectivity index (χ4v) is 3.98. The number of ether oxygens (including phenoxy) is 1. The van der Waals surface area contributed by atoms with Crippen LogP contribution in [0, 0.1) is 5.92 Å². The molecule has 29 heavy (non-hydrogen) atoms. The maximum absolute atomic E-state index is 12.8. The fraction of sp³-hybridized carbons (Fsp3) is 0.500. The highest BCUT2D eigenvalue weighted by molar-refractivity contribution is 5.31. The molecule has 3 heterocycles. The van der Waals surface area contributed by atoms with Gasteiger partial charge in [-0.15, -0.1) is 0 Å². The third-order valence-electron chi connectivity index (χ3n) is 5.54. The summed E-state index contributed by atoms with van der Waals surface area (Å²) < 4.78 is 43.9. The van der Waals surface area contributed by atoms with Crippen molar-refractivity contribution in [2.24, 2.45) is 5.92 Å². The monoisotopic (exact) mass is 407 g/mol. The Labute approximate surface area is 167 Å². The number of anilines is 1. The number of nitrogens with zero attached hydrogens (tertiary/aromatic N) is 3. The molecule has 2 aliphatic rings. The van der Waals surface area contributed by atoms with E-state index in [-0.39, 0.29) is 11.8 Å². The predicted molar refractivity (Wildman–Crippen MR) is 102 cm³/mol. The van der Waals surface area contributed by atoms with E-state index in [9.17, 15) is 13.2 Å². The number of nitrogens with one attached hydrogen (secondary N) is 2. The van der Waals surface area contributed by atoms with E-state index in [1.807, 2.05) is 6.07 Å². The highest BCUT2D eigenvalue weighted by atomic mass is 19.4. The Morgan fingerprint density at radius 3 is 2.76 bits per heavy atom. The van der Waals surface area contributed by atoms with Gasteiger partial charge in [0.1, 0.15) is 5.75 Å². The van der Waals surface area contributed by atoms with E-state index >= 15 is 0 Å². The van der Waals surface area contributed by atoms with Gasteiger partial charge in [-0.3, -0.25) is 10.9 Å². The van der Waals surface area contributed by atoms with Crippen LogP contribution in [0.4, 0.5) is 19.1 Å². The van der Waals surface area contributed by atoms with Gasteiger partial charge in [-0.25, -0.2) is 9.97 Å². The Hall–Kier alpha value is -2.39. The minimum absolute atomic E-state index is 0.229. The van der Waals surface area contributed by atoms with E-state index in [2.05, 4.69) is 25.7 Å². The quantitative estimate of drug-likeness (QED) is 0.768. The molecule has 1 aromatic carbocycles. The van der Waals surface area contributed by atoms with E-state index in [4.69, 9.17) is 4.74 Å². The molecule has 2 aliphatic heterocycles. The average molecular weight is 407 g/mol. The minimum Gasteiger partial charge on any atom is -0.494 e. The van der Waals surface area contributed by atoms with Crippen LogP contribution in [0.3, 0.4) is 0 Å². The largest absolute Gasteiger partial charge is 0.494 e. The van der Waals surface area contributed by atoms with Crippen LogP contribution in [0.15, 0.2) is 42.7 Å². The molecule has 2 aromatic rings. The fourth-order valence-electron chi connectivity index (χ4n) is 3.98. The van der Waals surface area contributed by atoms with E-state index < -0.39 is 11.7 Å². The van der Waals surface area contributed by atoms with Gasteiger partial charge in [0.15, 0.2) is 0 Å². The van der Waals surface area contributed by atoms with Crippen LogP contribution in [-0.4, -0.2) is 41.7 Å². The van der Waals surface area contributed by atoms with Crippen molar-refractivity contribution in [3.8, 4) is 5.75 Å². The highest BCUT2D eigenvalue weighted by Crippen LogP contribution is 2.31. The van der Waals surface area contributed by atoms with Gasteiger partial charge in [0.05, 0.1) is 12.2 Å². The summed E-state index contributed by atoms with van der Waals surface area (Å²) >= 11 is 0. The molecule has 1 aromatic heterocycles. The molecular weight excluding hydrogens is 383 g/mol. The van der Waals surface area contributed by atoms with Crippen molar-refractivity contribution in [1.82, 2.24) is 20.8 Å². The SMILES string of the molecule is FC(F)(F)c1cccc(OCCC2CC(C3CCN(c4ncccn4)C3)NN2)c1. The number of alkyl halides is 3. The molecule has 3 unspecified atom stereocenters. The van der Waals surface area contributed by atoms with Gasteiger partial charge >= 0.3 is 6.18 Å². The summed E-state index contributed by atoms with van der Waals surface area (Å²) in [5, 5.41) is 0. The molecule has 0 aliphatic carbocycles. The van der Waals surface area contributed by atoms with Crippen molar-refractivity contribution in [1.29, 1.82) is 0 Å². The summed E-state index contributed by atoms with van der Waals surface area (Å²) in [4.78, 5) is 10.8. The number of aromatic nitrogens is 2. The smallest absolute Gasteiger partial charge is 0.416 e. The molecule has 0 bridgehead atoms. The molecule has 0 amide bonds. The molecule has 2 fully saturated rings. The molecule has 0 spiro atoms. The van der Waals surface area contributed by atoms with Crippen LogP contribution in [0.2, 0.25) is 0 Å². The average Bonchev–Trinajstić information content (AvgIpc) is 3.38. The van der Waals surface area contributed by atoms with E-state index in [0.29, 0.717) is 18.6 Å². The molecule has 0 saturated carbocycles. The lowest BCUT2D eigenvalue weighted by molar-refractivity contribution is -0.137. The maximum atomic E-state index is 12.8. The molecular formula is C20H24F3N5O. The first kappa shape index (κ1) is 19.9. The van der Waals surface area contributed by atoms with Gasteiger partial charge in [-0.05, 0) is 49.4 Å². The first-order chi connectivity index (χ1) is 14.0. The first-order valence-corrected chi connectivity index (χ1v) is 9.82. The zero-order valence-corrected chi connectivity index (χ0v) is 15.9. The molecule has 6 nitrogen and oxygen atoms in total. The van der Waals surface area contributed by atoms with E-state index in [1.165, 1.54) is 6.07 Å². The summed E-state index contributed by atoms with van der Waals surface area (Å²) in [6.45, 7) is 2.22. The second-order valence-electron chi connectivity index (χ2n) is 7.53. The normalized spacial score (nSPS) is 24.8. The molecule has 9 heteroatoms. The Morgan fingerprint density at radius 2 is 1.97 bits per heavy atom. The third kappa shape index (κ3) is 4.97. The standard InChI is InChI=1S/C20H24F3N5O/c21-20(22,23)15-3-1-4-17(11-15)29-10-6-16-12-18(27-26-16)14-5-9-28(13-14)19-24-7-2-8-25-19/h1-4,7-8,11,14,16,18,26-27H,5-6,9-10,12-13H2. The van der Waals surface area contributed by atoms with Crippen LogP contribution < -0.4 is 20.5 Å². The lowest BCUT2D eigenvalue weighted by atomic mass is 9.94. The molecule has 156 valence electrons. The Bertz CT molecular complexity index is 804. The predicted octanol–water partition coefficient (Wildman–Crippen LogP) is 3.03. The molecule has 4 rings (SSSR count). The van der Waals surface area contributed by atoms with Crippen LogP contribution >= 0.6 is 0 Å². The number of rotatable bonds is 6. The Morgan fingerprint density at radius 1 is 1.14 bits per heavy atom. The van der Waals surface area contributed by atoms with Gasteiger partial charge < -0.3 is 9.64 Å². The van der Waals surface area contributed by atoms with Gasteiger partial charge in [-0.2, -0.15) is 13.2 Å². The van der Waals surface area contributed by atoms with Crippen LogP contribution in [0.5, 0.6) is 5.75 Å². The van der Waals surface area contributed by atoms with Gasteiger partial charge in [0, 0.05) is 37.6 Å². The lowest BCUT2D eigenvalue weighted by Crippen LogP contribution is -2.38. The second kappa shape index (κ2) is 8.54. The van der Waals surface area contributed by atoms with Crippen LogP contribution in [0.25, 0.3) is 0 Å². The zero-order chi connectivity index (χ0) is 20.3. The number of hydrogen-bond acceptors (Lipinski definition) is 6. The summed E-state index contributed by atoms with van der Waals surface area (Å²) in [5.74, 6) is 1.52. The van der Waals surface area contributed by atoms with Gasteiger partial charge in [-0.1, -0.05) is 6.07 Å². The maximum Gasteiger partial charge on any atom is 0.416 e. The van der Waals surface area contributed by atoms with Crippen LogP contribution in [-0.2, 0) is 6.18 Å². The van der Waals surface area contributed by atoms with Crippen molar-refractivity contribution in [3.05, 3.63) is 48.3 Å². The van der Waals surface area contributed by atoms with Crippen molar-refractivity contribution >= 4 is 5.95 Å². The number of hydrazine groups is 1.